The molecule has 0 aromatic carbocycles. The molecule has 2 atom stereocenters. The molecule has 0 radical (unpaired) electrons. The van der Waals surface area contributed by atoms with Crippen LogP contribution in [-0.4, -0.2) is 25.1 Å². The van der Waals surface area contributed by atoms with Crippen molar-refractivity contribution in [3.05, 3.63) is 0 Å². The number of rotatable bonds is 13. The smallest absolute Gasteiger partial charge is 0.0876 e. The third-order valence-corrected chi connectivity index (χ3v) is 5.14. The Morgan fingerprint density at radius 1 is 0.917 bits per heavy atom. The van der Waals surface area contributed by atoms with Crippen molar-refractivity contribution in [1.82, 2.24) is 0 Å². The lowest BCUT2D eigenvalue weighted by atomic mass is 10.1. The van der Waals surface area contributed by atoms with E-state index in [1.807, 2.05) is 4.90 Å². The molecule has 24 heavy (non-hydrogen) atoms. The van der Waals surface area contributed by atoms with Gasteiger partial charge in [-0.3, -0.25) is 0 Å². The number of carbonyl (C=O) groups is 1. The Balaban J connectivity index is 0.00000118. The molecule has 1 aliphatic heterocycles. The summed E-state index contributed by atoms with van der Waals surface area (Å²) in [7, 11) is 0. The standard InChI is InChI=1S/C19H39N.C2H4O2/c1-3-5-7-8-9-10-11-12-13-17-20-18-14-16-19(20)15-6-4-2;1-2(3)4/h19H,3-18H2,1-2H3;1H3,(H,3,4). The Morgan fingerprint density at radius 3 is 1.96 bits per heavy atom. The molecule has 1 fully saturated rings. The van der Waals surface area contributed by atoms with E-state index in [4.69, 9.17) is 9.90 Å². The lowest BCUT2D eigenvalue weighted by Crippen LogP contribution is -3.13. The molecule has 0 aromatic heterocycles. The van der Waals surface area contributed by atoms with Gasteiger partial charge in [0.2, 0.25) is 0 Å². The van der Waals surface area contributed by atoms with E-state index < -0.39 is 5.97 Å². The highest BCUT2D eigenvalue weighted by Gasteiger charge is 2.26. The van der Waals surface area contributed by atoms with Gasteiger partial charge < -0.3 is 14.8 Å². The van der Waals surface area contributed by atoms with Gasteiger partial charge in [-0.05, 0) is 32.6 Å². The largest absolute Gasteiger partial charge is 0.550 e. The monoisotopic (exact) mass is 341 g/mol. The van der Waals surface area contributed by atoms with E-state index in [2.05, 4.69) is 13.8 Å². The third-order valence-electron chi connectivity index (χ3n) is 5.14. The van der Waals surface area contributed by atoms with E-state index in [-0.39, 0.29) is 0 Å². The van der Waals surface area contributed by atoms with Gasteiger partial charge in [-0.25, -0.2) is 0 Å². The fourth-order valence-corrected chi connectivity index (χ4v) is 3.77. The Kier molecular flexibility index (Phi) is 16.8. The van der Waals surface area contributed by atoms with E-state index in [1.165, 1.54) is 103 Å². The molecule has 0 aliphatic carbocycles. The van der Waals surface area contributed by atoms with Crippen LogP contribution in [0.25, 0.3) is 0 Å². The minimum absolute atomic E-state index is 0.972. The van der Waals surface area contributed by atoms with E-state index in [9.17, 15) is 0 Å². The summed E-state index contributed by atoms with van der Waals surface area (Å²) < 4.78 is 0. The molecule has 3 heteroatoms. The van der Waals surface area contributed by atoms with Crippen LogP contribution in [-0.2, 0) is 4.79 Å². The Bertz CT molecular complexity index is 277. The summed E-state index contributed by atoms with van der Waals surface area (Å²) >= 11 is 0. The van der Waals surface area contributed by atoms with Crippen LogP contribution in [0, 0.1) is 0 Å². The molecule has 0 amide bonds. The van der Waals surface area contributed by atoms with Crippen LogP contribution in [0.3, 0.4) is 0 Å². The second kappa shape index (κ2) is 17.3. The first kappa shape index (κ1) is 23.4. The molecule has 0 aromatic rings. The topological polar surface area (TPSA) is 44.6 Å². The number of quaternary nitrogens is 1. The first-order valence-corrected chi connectivity index (χ1v) is 10.6. The van der Waals surface area contributed by atoms with Crippen LogP contribution in [0.2, 0.25) is 0 Å². The maximum Gasteiger partial charge on any atom is 0.0876 e. The molecule has 2 unspecified atom stereocenters. The van der Waals surface area contributed by atoms with Crippen molar-refractivity contribution in [2.75, 3.05) is 13.1 Å². The Labute approximate surface area is 151 Å². The average molecular weight is 342 g/mol. The van der Waals surface area contributed by atoms with Gasteiger partial charge in [0, 0.05) is 18.8 Å². The van der Waals surface area contributed by atoms with Gasteiger partial charge in [-0.2, -0.15) is 0 Å². The van der Waals surface area contributed by atoms with Crippen LogP contribution >= 0.6 is 0 Å². The van der Waals surface area contributed by atoms with Crippen LogP contribution in [0.4, 0.5) is 0 Å². The molecule has 0 spiro atoms. The van der Waals surface area contributed by atoms with Crippen molar-refractivity contribution in [3.8, 4) is 0 Å². The number of likely N-dealkylation sites (tertiary alicyclic amines) is 1. The average Bonchev–Trinajstić information content (AvgIpc) is 2.98. The number of hydrogen-bond acceptors (Lipinski definition) is 2. The van der Waals surface area contributed by atoms with Crippen molar-refractivity contribution < 1.29 is 14.8 Å². The summed E-state index contributed by atoms with van der Waals surface area (Å²) in [5, 5.41) is 8.89. The molecular weight excluding hydrogens is 298 g/mol. The lowest BCUT2D eigenvalue weighted by Gasteiger charge is -2.21. The molecule has 0 bridgehead atoms. The third kappa shape index (κ3) is 15.0. The van der Waals surface area contributed by atoms with E-state index in [1.54, 1.807) is 0 Å². The van der Waals surface area contributed by atoms with Crippen molar-refractivity contribution in [2.45, 2.75) is 117 Å². The van der Waals surface area contributed by atoms with Gasteiger partial charge in [-0.15, -0.1) is 0 Å². The number of aliphatic carboxylic acids is 1. The van der Waals surface area contributed by atoms with Gasteiger partial charge >= 0.3 is 0 Å². The van der Waals surface area contributed by atoms with Gasteiger partial charge in [0.25, 0.3) is 0 Å². The molecule has 1 N–H and O–H groups in total. The van der Waals surface area contributed by atoms with Crippen LogP contribution in [0.15, 0.2) is 0 Å². The maximum absolute atomic E-state index is 8.89. The SMILES string of the molecule is CC(=O)[O-].CCCCCCCCCCC[NH+]1CCCC1CCCC. The van der Waals surface area contributed by atoms with Crippen molar-refractivity contribution in [2.24, 2.45) is 0 Å². The highest BCUT2D eigenvalue weighted by Crippen LogP contribution is 2.10. The number of carboxylic acids is 1. The summed E-state index contributed by atoms with van der Waals surface area (Å²) in [5.74, 6) is -1.08. The van der Waals surface area contributed by atoms with Crippen molar-refractivity contribution >= 4 is 5.97 Å². The second-order valence-electron chi connectivity index (χ2n) is 7.46. The first-order chi connectivity index (χ1) is 11.6. The fraction of sp³-hybridized carbons (Fsp3) is 0.952. The zero-order chi connectivity index (χ0) is 18.0. The molecule has 1 heterocycles. The van der Waals surface area contributed by atoms with Crippen LogP contribution < -0.4 is 10.0 Å². The van der Waals surface area contributed by atoms with E-state index >= 15 is 0 Å². The molecule has 1 saturated heterocycles. The minimum Gasteiger partial charge on any atom is -0.550 e. The van der Waals surface area contributed by atoms with Gasteiger partial charge in [0.05, 0.1) is 19.1 Å². The number of unbranched alkanes of at least 4 members (excludes halogenated alkanes) is 9. The quantitative estimate of drug-likeness (QED) is 0.521. The molecule has 144 valence electrons. The Morgan fingerprint density at radius 2 is 1.42 bits per heavy atom. The number of carboxylic acid groups (broad SMARTS) is 1. The van der Waals surface area contributed by atoms with Gasteiger partial charge in [0.15, 0.2) is 0 Å². The van der Waals surface area contributed by atoms with Gasteiger partial charge in [0.1, 0.15) is 0 Å². The molecule has 1 rings (SSSR count). The zero-order valence-electron chi connectivity index (χ0n) is 16.7. The lowest BCUT2D eigenvalue weighted by molar-refractivity contribution is -0.912. The second-order valence-corrected chi connectivity index (χ2v) is 7.46. The minimum atomic E-state index is -1.08. The maximum atomic E-state index is 8.89. The number of hydrogen-bond donors (Lipinski definition) is 1. The van der Waals surface area contributed by atoms with E-state index in [0.29, 0.717) is 0 Å². The summed E-state index contributed by atoms with van der Waals surface area (Å²) in [6, 6.07) is 1.02. The highest BCUT2D eigenvalue weighted by atomic mass is 16.4. The summed E-state index contributed by atoms with van der Waals surface area (Å²) in [5.41, 5.74) is 0. The van der Waals surface area contributed by atoms with Gasteiger partial charge in [-0.1, -0.05) is 65.2 Å². The van der Waals surface area contributed by atoms with Crippen LogP contribution in [0.5, 0.6) is 0 Å². The zero-order valence-corrected chi connectivity index (χ0v) is 16.7. The molecule has 0 saturated carbocycles. The summed E-state index contributed by atoms with van der Waals surface area (Å²) in [6.07, 6.45) is 20.5. The first-order valence-electron chi connectivity index (χ1n) is 10.6. The summed E-state index contributed by atoms with van der Waals surface area (Å²) in [6.45, 7) is 8.53. The molecule has 1 aliphatic rings. The van der Waals surface area contributed by atoms with Crippen LogP contribution in [0.1, 0.15) is 111 Å². The highest BCUT2D eigenvalue weighted by molar-refractivity contribution is 5.60. The fourth-order valence-electron chi connectivity index (χ4n) is 3.77. The number of carbonyl (C=O) groups excluding carboxylic acids is 1. The predicted octanol–water partition coefficient (Wildman–Crippen LogP) is 3.51. The normalized spacial score (nSPS) is 19.8. The van der Waals surface area contributed by atoms with Crippen molar-refractivity contribution in [3.63, 3.8) is 0 Å². The Hall–Kier alpha value is -0.570. The van der Waals surface area contributed by atoms with Crippen molar-refractivity contribution in [1.29, 1.82) is 0 Å². The molecule has 3 nitrogen and oxygen atoms in total. The number of nitrogens with one attached hydrogen (secondary N) is 1. The summed E-state index contributed by atoms with van der Waals surface area (Å²) in [4.78, 5) is 10.8. The molecular formula is C21H43NO2. The predicted molar refractivity (Wildman–Crippen MR) is 101 cm³/mol. The van der Waals surface area contributed by atoms with E-state index in [0.717, 1.165) is 13.0 Å².